The van der Waals surface area contributed by atoms with E-state index in [4.69, 9.17) is 0 Å². The van der Waals surface area contributed by atoms with Gasteiger partial charge in [0.25, 0.3) is 5.91 Å². The summed E-state index contributed by atoms with van der Waals surface area (Å²) >= 11 is 0. The van der Waals surface area contributed by atoms with Crippen LogP contribution in [0.15, 0.2) is 23.1 Å². The Kier molecular flexibility index (Phi) is 5.81. The van der Waals surface area contributed by atoms with Crippen LogP contribution in [0, 0.1) is 6.92 Å². The molecule has 23 heavy (non-hydrogen) atoms. The molecular formula is C17H26N2O3S. The predicted octanol–water partition coefficient (Wildman–Crippen LogP) is 2.70. The van der Waals surface area contributed by atoms with Gasteiger partial charge in [0, 0.05) is 24.7 Å². The van der Waals surface area contributed by atoms with Gasteiger partial charge in [0.05, 0.1) is 4.90 Å². The van der Waals surface area contributed by atoms with Gasteiger partial charge in [-0.1, -0.05) is 19.4 Å². The van der Waals surface area contributed by atoms with Crippen molar-refractivity contribution in [2.75, 3.05) is 13.1 Å². The first kappa shape index (κ1) is 17.9. The molecule has 1 aliphatic heterocycles. The van der Waals surface area contributed by atoms with E-state index in [1.165, 1.54) is 6.07 Å². The molecule has 1 atom stereocenters. The Morgan fingerprint density at radius 2 is 2.09 bits per heavy atom. The second-order valence-electron chi connectivity index (χ2n) is 6.19. The molecular weight excluding hydrogens is 312 g/mol. The number of hydrogen-bond donors (Lipinski definition) is 1. The Morgan fingerprint density at radius 3 is 2.74 bits per heavy atom. The Bertz CT molecular complexity index is 670. The highest BCUT2D eigenvalue weighted by Gasteiger charge is 2.31. The highest BCUT2D eigenvalue weighted by molar-refractivity contribution is 7.89. The normalized spacial score (nSPS) is 19.5. The summed E-state index contributed by atoms with van der Waals surface area (Å²) in [6, 6.07) is 4.83. The van der Waals surface area contributed by atoms with Gasteiger partial charge >= 0.3 is 0 Å². The van der Waals surface area contributed by atoms with Gasteiger partial charge in [-0.2, -0.15) is 4.31 Å². The smallest absolute Gasteiger partial charge is 0.251 e. The van der Waals surface area contributed by atoms with E-state index in [-0.39, 0.29) is 16.8 Å². The molecule has 1 aromatic carbocycles. The number of sulfonamides is 1. The number of carbonyl (C=O) groups excluding carboxylic acids is 1. The standard InChI is InChI=1S/C17H26N2O3S/c1-4-10-18-17(20)16-12-15(9-8-13(16)2)23(21,22)19-11-6-5-7-14(19)3/h8-9,12,14H,4-7,10-11H2,1-3H3,(H,18,20). The minimum atomic E-state index is -3.55. The maximum absolute atomic E-state index is 12.9. The third kappa shape index (κ3) is 3.93. The van der Waals surface area contributed by atoms with Gasteiger partial charge in [0.1, 0.15) is 0 Å². The lowest BCUT2D eigenvalue weighted by Crippen LogP contribution is -2.42. The summed E-state index contributed by atoms with van der Waals surface area (Å²) in [5, 5.41) is 2.81. The second kappa shape index (κ2) is 7.45. The highest BCUT2D eigenvalue weighted by Crippen LogP contribution is 2.26. The maximum Gasteiger partial charge on any atom is 0.251 e. The van der Waals surface area contributed by atoms with Crippen LogP contribution in [0.4, 0.5) is 0 Å². The summed E-state index contributed by atoms with van der Waals surface area (Å²) in [6.07, 6.45) is 3.67. The fourth-order valence-electron chi connectivity index (χ4n) is 2.90. The number of nitrogens with zero attached hydrogens (tertiary/aromatic N) is 1. The molecule has 5 nitrogen and oxygen atoms in total. The van der Waals surface area contributed by atoms with Crippen LogP contribution in [0.2, 0.25) is 0 Å². The Hall–Kier alpha value is -1.40. The van der Waals surface area contributed by atoms with E-state index >= 15 is 0 Å². The van der Waals surface area contributed by atoms with Crippen molar-refractivity contribution in [1.82, 2.24) is 9.62 Å². The molecule has 1 heterocycles. The molecule has 1 aromatic rings. The summed E-state index contributed by atoms with van der Waals surface area (Å²) in [5.74, 6) is -0.215. The lowest BCUT2D eigenvalue weighted by Gasteiger charge is -2.32. The van der Waals surface area contributed by atoms with Crippen molar-refractivity contribution < 1.29 is 13.2 Å². The lowest BCUT2D eigenvalue weighted by molar-refractivity contribution is 0.0953. The van der Waals surface area contributed by atoms with Crippen molar-refractivity contribution in [2.24, 2.45) is 0 Å². The summed E-state index contributed by atoms with van der Waals surface area (Å²) < 4.78 is 27.3. The van der Waals surface area contributed by atoms with Crippen molar-refractivity contribution in [2.45, 2.75) is 57.4 Å². The molecule has 128 valence electrons. The maximum atomic E-state index is 12.9. The number of piperidine rings is 1. The quantitative estimate of drug-likeness (QED) is 0.897. The first-order chi connectivity index (χ1) is 10.9. The van der Waals surface area contributed by atoms with E-state index < -0.39 is 10.0 Å². The van der Waals surface area contributed by atoms with Crippen LogP contribution >= 0.6 is 0 Å². The van der Waals surface area contributed by atoms with Crippen LogP contribution in [-0.4, -0.2) is 37.8 Å². The number of carbonyl (C=O) groups is 1. The van der Waals surface area contributed by atoms with Gasteiger partial charge in [0.15, 0.2) is 0 Å². The number of hydrogen-bond acceptors (Lipinski definition) is 3. The molecule has 1 aliphatic rings. The molecule has 1 unspecified atom stereocenters. The van der Waals surface area contributed by atoms with Gasteiger partial charge in [-0.05, 0) is 50.8 Å². The van der Waals surface area contributed by atoms with Crippen molar-refractivity contribution in [3.8, 4) is 0 Å². The van der Waals surface area contributed by atoms with Gasteiger partial charge in [-0.15, -0.1) is 0 Å². The second-order valence-corrected chi connectivity index (χ2v) is 8.08. The summed E-state index contributed by atoms with van der Waals surface area (Å²) in [4.78, 5) is 12.4. The average molecular weight is 338 g/mol. The molecule has 0 aliphatic carbocycles. The number of amides is 1. The van der Waals surface area contributed by atoms with Gasteiger partial charge in [-0.3, -0.25) is 4.79 Å². The van der Waals surface area contributed by atoms with Gasteiger partial charge in [-0.25, -0.2) is 8.42 Å². The van der Waals surface area contributed by atoms with Crippen LogP contribution in [-0.2, 0) is 10.0 Å². The summed E-state index contributed by atoms with van der Waals surface area (Å²) in [6.45, 7) is 6.87. The van der Waals surface area contributed by atoms with Crippen molar-refractivity contribution >= 4 is 15.9 Å². The van der Waals surface area contributed by atoms with Gasteiger partial charge in [0.2, 0.25) is 10.0 Å². The Labute approximate surface area is 139 Å². The van der Waals surface area contributed by atoms with E-state index in [1.807, 2.05) is 20.8 Å². The number of nitrogens with one attached hydrogen (secondary N) is 1. The summed E-state index contributed by atoms with van der Waals surface area (Å²) in [7, 11) is -3.55. The minimum absolute atomic E-state index is 0.00687. The molecule has 0 bridgehead atoms. The topological polar surface area (TPSA) is 66.5 Å². The molecule has 6 heteroatoms. The monoisotopic (exact) mass is 338 g/mol. The van der Waals surface area contributed by atoms with Crippen LogP contribution in [0.1, 0.15) is 55.5 Å². The van der Waals surface area contributed by atoms with Crippen molar-refractivity contribution in [3.63, 3.8) is 0 Å². The minimum Gasteiger partial charge on any atom is -0.352 e. The molecule has 0 aromatic heterocycles. The molecule has 1 N–H and O–H groups in total. The molecule has 0 spiro atoms. The van der Waals surface area contributed by atoms with E-state index in [2.05, 4.69) is 5.32 Å². The SMILES string of the molecule is CCCNC(=O)c1cc(S(=O)(=O)N2CCCCC2C)ccc1C. The third-order valence-corrected chi connectivity index (χ3v) is 6.35. The first-order valence-corrected chi connectivity index (χ1v) is 9.72. The number of benzene rings is 1. The van der Waals surface area contributed by atoms with E-state index in [0.29, 0.717) is 18.7 Å². The molecule has 1 fully saturated rings. The van der Waals surface area contributed by atoms with Gasteiger partial charge < -0.3 is 5.32 Å². The van der Waals surface area contributed by atoms with Crippen LogP contribution in [0.3, 0.4) is 0 Å². The molecule has 0 saturated carbocycles. The fraction of sp³-hybridized carbons (Fsp3) is 0.588. The Balaban J connectivity index is 2.34. The highest BCUT2D eigenvalue weighted by atomic mass is 32.2. The molecule has 0 radical (unpaired) electrons. The zero-order valence-electron chi connectivity index (χ0n) is 14.1. The summed E-state index contributed by atoms with van der Waals surface area (Å²) in [5.41, 5.74) is 1.22. The zero-order chi connectivity index (χ0) is 17.0. The van der Waals surface area contributed by atoms with Crippen molar-refractivity contribution in [3.05, 3.63) is 29.3 Å². The first-order valence-electron chi connectivity index (χ1n) is 8.28. The molecule has 1 amide bonds. The predicted molar refractivity (Wildman–Crippen MR) is 91.0 cm³/mol. The fourth-order valence-corrected chi connectivity index (χ4v) is 4.63. The van der Waals surface area contributed by atoms with Crippen LogP contribution in [0.5, 0.6) is 0 Å². The lowest BCUT2D eigenvalue weighted by atomic mass is 10.1. The third-order valence-electron chi connectivity index (χ3n) is 4.34. The van der Waals surface area contributed by atoms with Crippen LogP contribution in [0.25, 0.3) is 0 Å². The molecule has 1 saturated heterocycles. The van der Waals surface area contributed by atoms with Crippen LogP contribution < -0.4 is 5.32 Å². The Morgan fingerprint density at radius 1 is 1.35 bits per heavy atom. The largest absolute Gasteiger partial charge is 0.352 e. The van der Waals surface area contributed by atoms with E-state index in [0.717, 1.165) is 31.2 Å². The zero-order valence-corrected chi connectivity index (χ0v) is 14.9. The van der Waals surface area contributed by atoms with E-state index in [9.17, 15) is 13.2 Å². The number of aryl methyl sites for hydroxylation is 1. The van der Waals surface area contributed by atoms with Crippen molar-refractivity contribution in [1.29, 1.82) is 0 Å². The molecule has 2 rings (SSSR count). The number of rotatable bonds is 5. The average Bonchev–Trinajstić information content (AvgIpc) is 2.53. The van der Waals surface area contributed by atoms with E-state index in [1.54, 1.807) is 16.4 Å².